The smallest absolute Gasteiger partial charge is 0.410 e. The highest BCUT2D eigenvalue weighted by atomic mass is 32.2. The summed E-state index contributed by atoms with van der Waals surface area (Å²) in [5.41, 5.74) is -0.655. The molecule has 0 N–H and O–H groups in total. The number of piperidine rings is 1. The third-order valence-corrected chi connectivity index (χ3v) is 5.13. The van der Waals surface area contributed by atoms with Crippen LogP contribution in [0, 0.1) is 5.82 Å². The molecule has 1 aromatic heterocycles. The molecule has 0 saturated carbocycles. The molecule has 0 bridgehead atoms. The first-order valence-corrected chi connectivity index (χ1v) is 9.44. The Kier molecular flexibility index (Phi) is 5.42. The minimum absolute atomic E-state index is 0.308. The summed E-state index contributed by atoms with van der Waals surface area (Å²) in [4.78, 5) is 20.8. The second kappa shape index (κ2) is 7.00. The maximum absolute atomic E-state index is 12.9. The Morgan fingerprint density at radius 3 is 2.54 bits per heavy atom. The number of carbonyl (C=O) groups excluding carboxylic acids is 1. The first kappa shape index (κ1) is 18.6. The van der Waals surface area contributed by atoms with Gasteiger partial charge < -0.3 is 9.64 Å². The first-order chi connectivity index (χ1) is 11.1. The van der Waals surface area contributed by atoms with Crippen molar-refractivity contribution in [3.8, 4) is 0 Å². The van der Waals surface area contributed by atoms with Gasteiger partial charge in [-0.15, -0.1) is 0 Å². The third kappa shape index (κ3) is 4.86. The van der Waals surface area contributed by atoms with Gasteiger partial charge in [-0.2, -0.15) is 0 Å². The van der Waals surface area contributed by atoms with E-state index in [1.165, 1.54) is 4.90 Å². The predicted octanol–water partition coefficient (Wildman–Crippen LogP) is 2.18. The normalized spacial score (nSPS) is 19.2. The molecule has 1 aliphatic heterocycles. The van der Waals surface area contributed by atoms with E-state index in [0.717, 1.165) is 25.2 Å². The number of sulfone groups is 1. The van der Waals surface area contributed by atoms with Crippen LogP contribution in [0.15, 0.2) is 17.6 Å². The standard InChI is InChI=1S/C15H22FN3O4S/c1-15(2,3)23-14(20)19-7-5-4-6-12(19)10-24(21,22)13-17-8-11(16)9-18-13/h8-9,12H,4-7,10H2,1-3H3. The minimum atomic E-state index is -3.83. The van der Waals surface area contributed by atoms with Crippen LogP contribution >= 0.6 is 0 Å². The van der Waals surface area contributed by atoms with E-state index in [-0.39, 0.29) is 5.75 Å². The Hall–Kier alpha value is -1.77. The van der Waals surface area contributed by atoms with Crippen molar-refractivity contribution in [1.82, 2.24) is 14.9 Å². The molecule has 9 heteroatoms. The van der Waals surface area contributed by atoms with Crippen LogP contribution in [0.1, 0.15) is 40.0 Å². The van der Waals surface area contributed by atoms with E-state index in [9.17, 15) is 17.6 Å². The van der Waals surface area contributed by atoms with Gasteiger partial charge in [0.1, 0.15) is 5.60 Å². The average Bonchev–Trinajstić information content (AvgIpc) is 2.46. The Morgan fingerprint density at radius 2 is 1.96 bits per heavy atom. The van der Waals surface area contributed by atoms with Crippen LogP contribution in [0.5, 0.6) is 0 Å². The number of carbonyl (C=O) groups is 1. The molecule has 0 spiro atoms. The molecule has 1 aromatic rings. The maximum Gasteiger partial charge on any atom is 0.410 e. The molecule has 1 atom stereocenters. The molecular formula is C15H22FN3O4S. The zero-order valence-electron chi connectivity index (χ0n) is 14.0. The summed E-state index contributed by atoms with van der Waals surface area (Å²) < 4.78 is 43.1. The topological polar surface area (TPSA) is 89.5 Å². The van der Waals surface area contributed by atoms with Crippen LogP contribution < -0.4 is 0 Å². The van der Waals surface area contributed by atoms with E-state index < -0.39 is 38.5 Å². The first-order valence-electron chi connectivity index (χ1n) is 7.78. The molecule has 1 fully saturated rings. The zero-order valence-corrected chi connectivity index (χ0v) is 14.8. The molecule has 2 rings (SSSR count). The van der Waals surface area contributed by atoms with Gasteiger partial charge in [-0.3, -0.25) is 0 Å². The number of hydrogen-bond donors (Lipinski definition) is 0. The third-order valence-electron chi connectivity index (χ3n) is 3.54. The van der Waals surface area contributed by atoms with Crippen LogP contribution in [-0.4, -0.2) is 53.3 Å². The molecular weight excluding hydrogens is 337 g/mol. The van der Waals surface area contributed by atoms with Crippen molar-refractivity contribution in [2.24, 2.45) is 0 Å². The second-order valence-corrected chi connectivity index (χ2v) is 8.72. The number of amides is 1. The van der Waals surface area contributed by atoms with E-state index in [2.05, 4.69) is 9.97 Å². The van der Waals surface area contributed by atoms with E-state index in [1.54, 1.807) is 20.8 Å². The number of hydrogen-bond acceptors (Lipinski definition) is 6. The lowest BCUT2D eigenvalue weighted by molar-refractivity contribution is 0.0124. The number of likely N-dealkylation sites (tertiary alicyclic amines) is 1. The molecule has 134 valence electrons. The highest BCUT2D eigenvalue weighted by Gasteiger charge is 2.34. The van der Waals surface area contributed by atoms with Crippen LogP contribution in [0.3, 0.4) is 0 Å². The lowest BCUT2D eigenvalue weighted by Crippen LogP contribution is -2.49. The lowest BCUT2D eigenvalue weighted by Gasteiger charge is -2.36. The molecule has 7 nitrogen and oxygen atoms in total. The van der Waals surface area contributed by atoms with Gasteiger partial charge in [0.05, 0.1) is 18.1 Å². The number of ether oxygens (including phenoxy) is 1. The van der Waals surface area contributed by atoms with E-state index in [0.29, 0.717) is 13.0 Å². The summed E-state index contributed by atoms with van der Waals surface area (Å²) in [6, 6.07) is -0.507. The highest BCUT2D eigenvalue weighted by Crippen LogP contribution is 2.23. The molecule has 0 aliphatic carbocycles. The van der Waals surface area contributed by atoms with Gasteiger partial charge in [0.15, 0.2) is 5.82 Å². The fourth-order valence-corrected chi connectivity index (χ4v) is 3.95. The van der Waals surface area contributed by atoms with Crippen molar-refractivity contribution in [3.05, 3.63) is 18.2 Å². The van der Waals surface area contributed by atoms with Gasteiger partial charge in [0.25, 0.3) is 0 Å². The Labute approximate surface area is 141 Å². The van der Waals surface area contributed by atoms with Crippen molar-refractivity contribution < 1.29 is 22.3 Å². The molecule has 1 aliphatic rings. The number of rotatable bonds is 3. The van der Waals surface area contributed by atoms with Gasteiger partial charge in [0, 0.05) is 12.6 Å². The fraction of sp³-hybridized carbons (Fsp3) is 0.667. The summed E-state index contributed by atoms with van der Waals surface area (Å²) in [6.07, 6.45) is 3.27. The summed E-state index contributed by atoms with van der Waals surface area (Å²) in [5.74, 6) is -1.01. The van der Waals surface area contributed by atoms with Crippen molar-refractivity contribution in [2.75, 3.05) is 12.3 Å². The number of aromatic nitrogens is 2. The quantitative estimate of drug-likeness (QED) is 0.769. The summed E-state index contributed by atoms with van der Waals surface area (Å²) in [7, 11) is -3.83. The summed E-state index contributed by atoms with van der Waals surface area (Å²) >= 11 is 0. The second-order valence-electron chi connectivity index (χ2n) is 6.79. The van der Waals surface area contributed by atoms with Crippen LogP contribution in [0.25, 0.3) is 0 Å². The maximum atomic E-state index is 12.9. The molecule has 0 radical (unpaired) electrons. The molecule has 1 amide bonds. The largest absolute Gasteiger partial charge is 0.444 e. The highest BCUT2D eigenvalue weighted by molar-refractivity contribution is 7.91. The Bertz CT molecular complexity index is 686. The average molecular weight is 359 g/mol. The van der Waals surface area contributed by atoms with Crippen LogP contribution in [-0.2, 0) is 14.6 Å². The van der Waals surface area contributed by atoms with Gasteiger partial charge in [-0.05, 0) is 40.0 Å². The van der Waals surface area contributed by atoms with Gasteiger partial charge in [-0.25, -0.2) is 27.6 Å². The summed E-state index contributed by atoms with van der Waals surface area (Å²) in [5, 5.41) is -0.432. The molecule has 2 heterocycles. The van der Waals surface area contributed by atoms with Crippen LogP contribution in [0.4, 0.5) is 9.18 Å². The van der Waals surface area contributed by atoms with Gasteiger partial charge >= 0.3 is 6.09 Å². The van der Waals surface area contributed by atoms with Crippen molar-refractivity contribution >= 4 is 15.9 Å². The van der Waals surface area contributed by atoms with Crippen molar-refractivity contribution in [1.29, 1.82) is 0 Å². The monoisotopic (exact) mass is 359 g/mol. The van der Waals surface area contributed by atoms with Gasteiger partial charge in [0.2, 0.25) is 15.0 Å². The molecule has 24 heavy (non-hydrogen) atoms. The number of halogens is 1. The fourth-order valence-electron chi connectivity index (χ4n) is 2.52. The lowest BCUT2D eigenvalue weighted by atomic mass is 10.0. The van der Waals surface area contributed by atoms with Crippen molar-refractivity contribution in [2.45, 2.75) is 56.8 Å². The number of nitrogens with zero attached hydrogens (tertiary/aromatic N) is 3. The zero-order chi connectivity index (χ0) is 18.0. The Balaban J connectivity index is 2.15. The molecule has 1 unspecified atom stereocenters. The SMILES string of the molecule is CC(C)(C)OC(=O)N1CCCCC1CS(=O)(=O)c1ncc(F)cn1. The van der Waals surface area contributed by atoms with Crippen molar-refractivity contribution in [3.63, 3.8) is 0 Å². The van der Waals surface area contributed by atoms with Crippen LogP contribution in [0.2, 0.25) is 0 Å². The minimum Gasteiger partial charge on any atom is -0.444 e. The molecule has 0 aromatic carbocycles. The van der Waals surface area contributed by atoms with E-state index >= 15 is 0 Å². The Morgan fingerprint density at radius 1 is 1.33 bits per heavy atom. The van der Waals surface area contributed by atoms with E-state index in [4.69, 9.17) is 4.74 Å². The summed E-state index contributed by atoms with van der Waals surface area (Å²) in [6.45, 7) is 5.71. The van der Waals surface area contributed by atoms with E-state index in [1.807, 2.05) is 0 Å². The molecule has 1 saturated heterocycles. The van der Waals surface area contributed by atoms with Gasteiger partial charge in [-0.1, -0.05) is 0 Å². The predicted molar refractivity (Wildman–Crippen MR) is 84.6 cm³/mol.